The van der Waals surface area contributed by atoms with Crippen LogP contribution in [0.2, 0.25) is 0 Å². The number of amides is 4. The first kappa shape index (κ1) is 29.3. The van der Waals surface area contributed by atoms with Gasteiger partial charge in [0.05, 0.1) is 10.9 Å². The van der Waals surface area contributed by atoms with E-state index in [-0.39, 0.29) is 23.9 Å². The third-order valence-corrected chi connectivity index (χ3v) is 8.48. The highest BCUT2D eigenvalue weighted by Gasteiger charge is 2.40. The van der Waals surface area contributed by atoms with E-state index in [4.69, 9.17) is 0 Å². The molecule has 1 atom stereocenters. The van der Waals surface area contributed by atoms with Crippen molar-refractivity contribution in [3.8, 4) is 0 Å². The summed E-state index contributed by atoms with van der Waals surface area (Å²) in [7, 11) is 0. The average molecular weight is 688 g/mol. The highest BCUT2D eigenvalue weighted by Crippen LogP contribution is 2.35. The van der Waals surface area contributed by atoms with Gasteiger partial charge in [-0.1, -0.05) is 48.5 Å². The van der Waals surface area contributed by atoms with Crippen LogP contribution in [0.25, 0.3) is 6.08 Å². The Kier molecular flexibility index (Phi) is 9.19. The van der Waals surface area contributed by atoms with Gasteiger partial charge >= 0.3 is 0 Å². The number of imide groups is 1. The van der Waals surface area contributed by atoms with Gasteiger partial charge in [0.1, 0.15) is 5.70 Å². The summed E-state index contributed by atoms with van der Waals surface area (Å²) in [5.41, 5.74) is 3.30. The molecular formula is C33H26IN3O4S. The van der Waals surface area contributed by atoms with E-state index < -0.39 is 17.1 Å². The first-order valence-electron chi connectivity index (χ1n) is 13.1. The van der Waals surface area contributed by atoms with E-state index in [1.165, 1.54) is 16.7 Å². The van der Waals surface area contributed by atoms with E-state index in [1.54, 1.807) is 60.7 Å². The van der Waals surface area contributed by atoms with Crippen LogP contribution in [0, 0.1) is 10.5 Å². The summed E-state index contributed by atoms with van der Waals surface area (Å²) in [6.45, 7) is 1.93. The molecule has 0 aliphatic carbocycles. The lowest BCUT2D eigenvalue weighted by Crippen LogP contribution is -2.31. The molecule has 210 valence electrons. The second-order valence-corrected chi connectivity index (χ2v) is 12.1. The van der Waals surface area contributed by atoms with Gasteiger partial charge in [-0.25, -0.2) is 4.90 Å². The zero-order valence-corrected chi connectivity index (χ0v) is 25.5. The largest absolute Gasteiger partial charge is 0.321 e. The third kappa shape index (κ3) is 6.97. The molecule has 0 bridgehead atoms. The van der Waals surface area contributed by atoms with Crippen LogP contribution in [-0.4, -0.2) is 28.9 Å². The van der Waals surface area contributed by atoms with Gasteiger partial charge in [-0.3, -0.25) is 19.2 Å². The van der Waals surface area contributed by atoms with Crippen LogP contribution in [0.5, 0.6) is 0 Å². The van der Waals surface area contributed by atoms with E-state index in [9.17, 15) is 19.2 Å². The van der Waals surface area contributed by atoms with E-state index in [0.29, 0.717) is 16.9 Å². The Hall–Kier alpha value is -4.22. The summed E-state index contributed by atoms with van der Waals surface area (Å²) in [4.78, 5) is 54.2. The second kappa shape index (κ2) is 13.2. The highest BCUT2D eigenvalue weighted by atomic mass is 127. The molecule has 1 heterocycles. The van der Waals surface area contributed by atoms with Crippen molar-refractivity contribution in [3.05, 3.63) is 129 Å². The Bertz CT molecular complexity index is 1690. The summed E-state index contributed by atoms with van der Waals surface area (Å²) < 4.78 is 1.01. The van der Waals surface area contributed by atoms with Gasteiger partial charge in [0, 0.05) is 26.1 Å². The minimum Gasteiger partial charge on any atom is -0.321 e. The smallest absolute Gasteiger partial charge is 0.272 e. The van der Waals surface area contributed by atoms with Gasteiger partial charge in [-0.15, -0.1) is 11.8 Å². The lowest BCUT2D eigenvalue weighted by molar-refractivity contribution is -0.121. The van der Waals surface area contributed by atoms with Crippen molar-refractivity contribution in [1.82, 2.24) is 5.32 Å². The molecule has 42 heavy (non-hydrogen) atoms. The number of anilines is 2. The summed E-state index contributed by atoms with van der Waals surface area (Å²) >= 11 is 3.45. The molecule has 1 unspecified atom stereocenters. The van der Waals surface area contributed by atoms with Gasteiger partial charge < -0.3 is 10.6 Å². The molecule has 0 radical (unpaired) electrons. The molecule has 5 rings (SSSR count). The first-order valence-corrected chi connectivity index (χ1v) is 15.1. The minimum atomic E-state index is -0.579. The fourth-order valence-corrected chi connectivity index (χ4v) is 5.89. The topological polar surface area (TPSA) is 95.6 Å². The fraction of sp³-hybridized carbons (Fsp3) is 0.0909. The number of nitrogens with zero attached hydrogens (tertiary/aromatic N) is 1. The van der Waals surface area contributed by atoms with Crippen LogP contribution in [0.15, 0.2) is 114 Å². The summed E-state index contributed by atoms with van der Waals surface area (Å²) in [6.07, 6.45) is 1.73. The SMILES string of the molecule is Cc1ccccc1C=C(NC(=O)c1ccccc1)C(=O)Nc1cccc(SC2CC(=O)N(c3ccc(I)cc3)C2=O)c1. The molecule has 4 aromatic rings. The van der Waals surface area contributed by atoms with E-state index in [1.807, 2.05) is 55.5 Å². The molecule has 4 amide bonds. The molecule has 0 aromatic heterocycles. The summed E-state index contributed by atoms with van der Waals surface area (Å²) in [6, 6.07) is 30.5. The Morgan fingerprint density at radius 1 is 0.905 bits per heavy atom. The Morgan fingerprint density at radius 3 is 2.36 bits per heavy atom. The molecule has 7 nitrogen and oxygen atoms in total. The van der Waals surface area contributed by atoms with Crippen LogP contribution in [0.1, 0.15) is 27.9 Å². The van der Waals surface area contributed by atoms with Crippen LogP contribution < -0.4 is 15.5 Å². The second-order valence-electron chi connectivity index (χ2n) is 9.57. The van der Waals surface area contributed by atoms with Crippen LogP contribution in [0.4, 0.5) is 11.4 Å². The normalized spacial score (nSPS) is 15.0. The molecule has 9 heteroatoms. The predicted octanol–water partition coefficient (Wildman–Crippen LogP) is 6.43. The van der Waals surface area contributed by atoms with Crippen molar-refractivity contribution in [2.24, 2.45) is 0 Å². The Balaban J connectivity index is 1.33. The molecule has 1 aliphatic heterocycles. The number of aryl methyl sites for hydroxylation is 1. The predicted molar refractivity (Wildman–Crippen MR) is 174 cm³/mol. The molecule has 0 saturated carbocycles. The number of hydrogen-bond acceptors (Lipinski definition) is 5. The van der Waals surface area contributed by atoms with E-state index in [0.717, 1.165) is 19.6 Å². The van der Waals surface area contributed by atoms with Gasteiger partial charge in [0.15, 0.2) is 0 Å². The number of rotatable bonds is 8. The first-order chi connectivity index (χ1) is 20.3. The van der Waals surface area contributed by atoms with E-state index >= 15 is 0 Å². The number of carbonyl (C=O) groups is 4. The number of thioether (sulfide) groups is 1. The van der Waals surface area contributed by atoms with Crippen LogP contribution >= 0.6 is 34.4 Å². The minimum absolute atomic E-state index is 0.0842. The van der Waals surface area contributed by atoms with Crippen molar-refractivity contribution in [1.29, 1.82) is 0 Å². The lowest BCUT2D eigenvalue weighted by atomic mass is 10.1. The molecular weight excluding hydrogens is 661 g/mol. The monoisotopic (exact) mass is 687 g/mol. The zero-order valence-electron chi connectivity index (χ0n) is 22.5. The van der Waals surface area contributed by atoms with Gasteiger partial charge in [-0.05, 0) is 101 Å². The molecule has 2 N–H and O–H groups in total. The van der Waals surface area contributed by atoms with Crippen molar-refractivity contribution >= 4 is 75.4 Å². The zero-order chi connectivity index (χ0) is 29.6. The number of carbonyl (C=O) groups excluding carboxylic acids is 4. The number of benzene rings is 4. The maximum Gasteiger partial charge on any atom is 0.272 e. The van der Waals surface area contributed by atoms with E-state index in [2.05, 4.69) is 33.2 Å². The average Bonchev–Trinajstić information content (AvgIpc) is 3.26. The van der Waals surface area contributed by atoms with Crippen molar-refractivity contribution in [3.63, 3.8) is 0 Å². The summed E-state index contributed by atoms with van der Waals surface area (Å²) in [5.74, 6) is -1.42. The maximum atomic E-state index is 13.5. The third-order valence-electron chi connectivity index (χ3n) is 6.58. The standard InChI is InChI=1S/C33H26IN3O4S/c1-21-8-5-6-11-23(21)18-28(36-31(39)22-9-3-2-4-10-22)32(40)35-25-12-7-13-27(19-25)42-29-20-30(38)37(33(29)41)26-16-14-24(34)15-17-26/h2-19,29H,20H2,1H3,(H,35,40)(H,36,39). The van der Waals surface area contributed by atoms with Gasteiger partial charge in [0.2, 0.25) is 11.8 Å². The maximum absolute atomic E-state index is 13.5. The molecule has 1 fully saturated rings. The Labute approximate surface area is 261 Å². The molecule has 1 saturated heterocycles. The Morgan fingerprint density at radius 2 is 1.62 bits per heavy atom. The highest BCUT2D eigenvalue weighted by molar-refractivity contribution is 14.1. The van der Waals surface area contributed by atoms with Crippen molar-refractivity contribution in [2.45, 2.75) is 23.5 Å². The van der Waals surface area contributed by atoms with Gasteiger partial charge in [0.25, 0.3) is 11.8 Å². The van der Waals surface area contributed by atoms with Crippen LogP contribution in [-0.2, 0) is 14.4 Å². The number of halogens is 1. The van der Waals surface area contributed by atoms with Gasteiger partial charge in [-0.2, -0.15) is 0 Å². The quantitative estimate of drug-likeness (QED) is 0.127. The number of hydrogen-bond donors (Lipinski definition) is 2. The molecule has 1 aliphatic rings. The summed E-state index contributed by atoms with van der Waals surface area (Å²) in [5, 5.41) is 5.04. The molecule has 0 spiro atoms. The van der Waals surface area contributed by atoms with Crippen molar-refractivity contribution < 1.29 is 19.2 Å². The fourth-order valence-electron chi connectivity index (χ4n) is 4.41. The molecule has 4 aromatic carbocycles. The van der Waals surface area contributed by atoms with Crippen molar-refractivity contribution in [2.75, 3.05) is 10.2 Å². The lowest BCUT2D eigenvalue weighted by Gasteiger charge is -2.15. The number of nitrogens with one attached hydrogen (secondary N) is 2. The van der Waals surface area contributed by atoms with Crippen LogP contribution in [0.3, 0.4) is 0 Å².